The summed E-state index contributed by atoms with van der Waals surface area (Å²) in [6.45, 7) is 9.89. The van der Waals surface area contributed by atoms with Crippen LogP contribution in [0.4, 0.5) is 0 Å². The quantitative estimate of drug-likeness (QED) is 0.183. The third-order valence-electron chi connectivity index (χ3n) is 8.46. The van der Waals surface area contributed by atoms with E-state index in [0.717, 1.165) is 22.3 Å². The van der Waals surface area contributed by atoms with Gasteiger partial charge in [0.05, 0.1) is 6.07 Å². The molecule has 0 amide bonds. The molecule has 0 aromatic heterocycles. The second-order valence-corrected chi connectivity index (χ2v) is 11.0. The minimum absolute atomic E-state index is 0.673. The van der Waals surface area contributed by atoms with Gasteiger partial charge in [-0.05, 0) is 90.2 Å². The van der Waals surface area contributed by atoms with Gasteiger partial charge >= 0.3 is 0 Å². The maximum Gasteiger partial charge on any atom is 0.112 e. The van der Waals surface area contributed by atoms with E-state index in [-0.39, 0.29) is 0 Å². The summed E-state index contributed by atoms with van der Waals surface area (Å²) in [5.41, 5.74) is 17.1. The third-order valence-corrected chi connectivity index (χ3v) is 8.46. The van der Waals surface area contributed by atoms with E-state index in [9.17, 15) is 0 Å². The summed E-state index contributed by atoms with van der Waals surface area (Å²) in [6.07, 6.45) is 7.46. The van der Waals surface area contributed by atoms with E-state index in [1.54, 1.807) is 12.2 Å². The van der Waals surface area contributed by atoms with E-state index in [4.69, 9.17) is 11.0 Å². The molecule has 2 heteroatoms. The Bertz CT molecular complexity index is 2150. The average Bonchev–Trinajstić information content (AvgIpc) is 3.10. The highest BCUT2D eigenvalue weighted by Gasteiger charge is 2.14. The summed E-state index contributed by atoms with van der Waals surface area (Å²) < 4.78 is 0. The summed E-state index contributed by atoms with van der Waals surface area (Å²) >= 11 is 0. The summed E-state index contributed by atoms with van der Waals surface area (Å²) in [4.78, 5) is 0. The Kier molecular flexibility index (Phi) is 8.38. The van der Waals surface area contributed by atoms with Crippen molar-refractivity contribution >= 4 is 32.7 Å². The molecular formula is C43H34N2. The first-order valence-corrected chi connectivity index (χ1v) is 15.1. The van der Waals surface area contributed by atoms with Gasteiger partial charge in [0.25, 0.3) is 0 Å². The minimum Gasteiger partial charge on any atom is -0.313 e. The summed E-state index contributed by atoms with van der Waals surface area (Å²) in [5.74, 6) is 0. The zero-order chi connectivity index (χ0) is 31.3. The smallest absolute Gasteiger partial charge is 0.112 e. The van der Waals surface area contributed by atoms with Gasteiger partial charge < -0.3 is 5.73 Å². The molecule has 0 aliphatic heterocycles. The maximum absolute atomic E-state index is 9.13. The fraction of sp³-hybridized carbons (Fsp3) is 0.0465. The van der Waals surface area contributed by atoms with Crippen LogP contribution in [0.5, 0.6) is 0 Å². The number of nitrogens with zero attached hydrogens (tertiary/aromatic N) is 1. The van der Waals surface area contributed by atoms with Gasteiger partial charge in [0.1, 0.15) is 6.04 Å². The van der Waals surface area contributed by atoms with Gasteiger partial charge in [0.15, 0.2) is 0 Å². The van der Waals surface area contributed by atoms with E-state index in [0.29, 0.717) is 0 Å². The zero-order valence-electron chi connectivity index (χ0n) is 25.4. The molecule has 2 N–H and O–H groups in total. The number of hydrogen-bond donors (Lipinski definition) is 1. The Labute approximate surface area is 265 Å². The van der Waals surface area contributed by atoms with Crippen molar-refractivity contribution in [3.05, 3.63) is 170 Å². The Balaban J connectivity index is 1.44. The van der Waals surface area contributed by atoms with Crippen molar-refractivity contribution in [1.82, 2.24) is 0 Å². The first kappa shape index (κ1) is 29.3. The molecule has 6 rings (SSSR count). The highest BCUT2D eigenvalue weighted by molar-refractivity contribution is 6.12. The van der Waals surface area contributed by atoms with Crippen molar-refractivity contribution < 1.29 is 0 Å². The molecule has 0 heterocycles. The Hall–Kier alpha value is -5.75. The number of nitriles is 1. The number of allylic oxidation sites excluding steroid dienone is 5. The molecular weight excluding hydrogens is 544 g/mol. The maximum atomic E-state index is 9.13. The van der Waals surface area contributed by atoms with Crippen molar-refractivity contribution in [1.29, 1.82) is 5.26 Å². The molecule has 0 fully saturated rings. The fourth-order valence-corrected chi connectivity index (χ4v) is 6.17. The van der Waals surface area contributed by atoms with Crippen LogP contribution in [0.25, 0.3) is 66.1 Å². The second kappa shape index (κ2) is 12.9. The number of fused-ring (bicyclic) bond motifs is 2. The Morgan fingerprint density at radius 1 is 0.578 bits per heavy atom. The largest absolute Gasteiger partial charge is 0.313 e. The first-order chi connectivity index (χ1) is 22.1. The minimum atomic E-state index is -0.673. The lowest BCUT2D eigenvalue weighted by Gasteiger charge is -2.16. The van der Waals surface area contributed by atoms with Crippen LogP contribution in [0, 0.1) is 11.3 Å². The van der Waals surface area contributed by atoms with Crippen molar-refractivity contribution in [2.75, 3.05) is 0 Å². The molecule has 0 aliphatic rings. The van der Waals surface area contributed by atoms with Crippen LogP contribution in [-0.2, 0) is 0 Å². The molecule has 0 spiro atoms. The second-order valence-electron chi connectivity index (χ2n) is 11.0. The van der Waals surface area contributed by atoms with Crippen LogP contribution < -0.4 is 5.73 Å². The van der Waals surface area contributed by atoms with Crippen LogP contribution in [0.15, 0.2) is 159 Å². The van der Waals surface area contributed by atoms with Gasteiger partial charge in [-0.15, -0.1) is 0 Å². The molecule has 0 saturated carbocycles. The molecule has 216 valence electrons. The van der Waals surface area contributed by atoms with Gasteiger partial charge in [0.2, 0.25) is 0 Å². The molecule has 0 radical (unpaired) electrons. The summed E-state index contributed by atoms with van der Waals surface area (Å²) in [5, 5.41) is 14.0. The van der Waals surface area contributed by atoms with Crippen molar-refractivity contribution in [3.63, 3.8) is 0 Å². The monoisotopic (exact) mass is 578 g/mol. The summed E-state index contributed by atoms with van der Waals surface area (Å²) in [7, 11) is 0. The lowest BCUT2D eigenvalue weighted by molar-refractivity contribution is 1.04. The lowest BCUT2D eigenvalue weighted by atomic mass is 9.87. The van der Waals surface area contributed by atoms with Crippen LogP contribution >= 0.6 is 0 Å². The number of nitrogens with two attached hydrogens (primary N) is 1. The van der Waals surface area contributed by atoms with Gasteiger partial charge in [-0.1, -0.05) is 153 Å². The number of hydrogen-bond acceptors (Lipinski definition) is 2. The SMILES string of the molecule is C=C/C(=C\C)c1ccc(-c2ccc(-c3ccc(-c4ccc(/C(C=C)=C/C(N)C#N)cc4)c4ccccc34)c3ccccc23)cc1. The van der Waals surface area contributed by atoms with Gasteiger partial charge in [-0.2, -0.15) is 5.26 Å². The van der Waals surface area contributed by atoms with Crippen LogP contribution in [0.2, 0.25) is 0 Å². The first-order valence-electron chi connectivity index (χ1n) is 15.1. The Morgan fingerprint density at radius 3 is 1.33 bits per heavy atom. The topological polar surface area (TPSA) is 49.8 Å². The van der Waals surface area contributed by atoms with Crippen molar-refractivity contribution in [2.45, 2.75) is 13.0 Å². The van der Waals surface area contributed by atoms with E-state index >= 15 is 0 Å². The van der Waals surface area contributed by atoms with E-state index in [1.165, 1.54) is 54.9 Å². The predicted octanol–water partition coefficient (Wildman–Crippen LogP) is 11.0. The number of benzene rings is 6. The fourth-order valence-electron chi connectivity index (χ4n) is 6.17. The molecule has 0 aliphatic carbocycles. The van der Waals surface area contributed by atoms with Gasteiger partial charge in [-0.25, -0.2) is 0 Å². The molecule has 0 bridgehead atoms. The van der Waals surface area contributed by atoms with E-state index in [1.807, 2.05) is 13.0 Å². The molecule has 6 aromatic carbocycles. The van der Waals surface area contributed by atoms with Crippen LogP contribution in [0.1, 0.15) is 18.1 Å². The lowest BCUT2D eigenvalue weighted by Crippen LogP contribution is -2.13. The average molecular weight is 579 g/mol. The highest BCUT2D eigenvalue weighted by atomic mass is 14.6. The molecule has 1 unspecified atom stereocenters. The molecule has 6 aromatic rings. The summed E-state index contributed by atoms with van der Waals surface area (Å²) in [6, 6.07) is 44.8. The molecule has 0 saturated heterocycles. The number of rotatable bonds is 8. The normalized spacial score (nSPS) is 12.6. The highest BCUT2D eigenvalue weighted by Crippen LogP contribution is 2.41. The van der Waals surface area contributed by atoms with Gasteiger partial charge in [0, 0.05) is 0 Å². The van der Waals surface area contributed by atoms with Crippen molar-refractivity contribution in [3.8, 4) is 39.4 Å². The Morgan fingerprint density at radius 2 is 0.956 bits per heavy atom. The van der Waals surface area contributed by atoms with Crippen LogP contribution in [-0.4, -0.2) is 6.04 Å². The third kappa shape index (κ3) is 5.66. The standard InChI is InChI=1S/C43H34N2/c1-4-29(5-2)31-15-19-33(20-16-31)36-23-25-42(40-13-9-7-11-38(36)40)43-26-24-37(39-12-8-10-14-41(39)43)34-21-17-32(18-22-34)30(6-3)27-35(45)28-44/h4-27,35H,1,3,45H2,2H3/b29-5+,30-27+. The molecule has 1 atom stereocenters. The van der Waals surface area contributed by atoms with E-state index < -0.39 is 6.04 Å². The predicted molar refractivity (Wildman–Crippen MR) is 193 cm³/mol. The van der Waals surface area contributed by atoms with Gasteiger partial charge in [-0.3, -0.25) is 0 Å². The molecule has 2 nitrogen and oxygen atoms in total. The molecule has 45 heavy (non-hydrogen) atoms. The zero-order valence-corrected chi connectivity index (χ0v) is 25.4. The van der Waals surface area contributed by atoms with E-state index in [2.05, 4.69) is 147 Å². The van der Waals surface area contributed by atoms with Crippen LogP contribution in [0.3, 0.4) is 0 Å². The van der Waals surface area contributed by atoms with Crippen molar-refractivity contribution in [2.24, 2.45) is 5.73 Å².